The van der Waals surface area contributed by atoms with Crippen molar-refractivity contribution in [1.29, 1.82) is 0 Å². The number of ether oxygens (including phenoxy) is 1. The average molecular weight is 212 g/mol. The monoisotopic (exact) mass is 212 g/mol. The van der Waals surface area contributed by atoms with Crippen LogP contribution in [0.3, 0.4) is 0 Å². The molecule has 4 unspecified atom stereocenters. The predicted octanol–water partition coefficient (Wildman–Crippen LogP) is 1.08. The van der Waals surface area contributed by atoms with Gasteiger partial charge in [0, 0.05) is 25.7 Å². The van der Waals surface area contributed by atoms with Gasteiger partial charge in [0.2, 0.25) is 0 Å². The highest BCUT2D eigenvalue weighted by Gasteiger charge is 2.36. The van der Waals surface area contributed by atoms with Crippen molar-refractivity contribution in [3.05, 3.63) is 0 Å². The molecular weight excluding hydrogens is 188 g/mol. The van der Waals surface area contributed by atoms with Crippen LogP contribution in [0.2, 0.25) is 0 Å². The highest BCUT2D eigenvalue weighted by Crippen LogP contribution is 2.38. The van der Waals surface area contributed by atoms with E-state index in [1.807, 2.05) is 0 Å². The zero-order valence-corrected chi connectivity index (χ0v) is 9.98. The number of rotatable bonds is 5. The first-order chi connectivity index (χ1) is 7.22. The van der Waals surface area contributed by atoms with Crippen LogP contribution in [-0.4, -0.2) is 43.8 Å². The molecule has 0 bridgehead atoms. The highest BCUT2D eigenvalue weighted by atomic mass is 16.5. The van der Waals surface area contributed by atoms with Gasteiger partial charge in [-0.25, -0.2) is 0 Å². The third-order valence-electron chi connectivity index (χ3n) is 4.00. The molecule has 15 heavy (non-hydrogen) atoms. The minimum absolute atomic E-state index is 0.383. The summed E-state index contributed by atoms with van der Waals surface area (Å²) in [6.45, 7) is 5.18. The van der Waals surface area contributed by atoms with Crippen LogP contribution in [0.25, 0.3) is 0 Å². The zero-order valence-electron chi connectivity index (χ0n) is 9.98. The molecule has 0 aromatic heterocycles. The lowest BCUT2D eigenvalue weighted by Gasteiger charge is -2.31. The SMILES string of the molecule is CC1CC1CN(C)C(CN)C1CCCO1. The van der Waals surface area contributed by atoms with Gasteiger partial charge >= 0.3 is 0 Å². The lowest BCUT2D eigenvalue weighted by Crippen LogP contribution is -2.47. The molecule has 2 aliphatic rings. The van der Waals surface area contributed by atoms with Crippen LogP contribution in [-0.2, 0) is 4.74 Å². The molecule has 0 aromatic carbocycles. The van der Waals surface area contributed by atoms with E-state index in [0.29, 0.717) is 12.1 Å². The van der Waals surface area contributed by atoms with Gasteiger partial charge in [-0.1, -0.05) is 6.92 Å². The van der Waals surface area contributed by atoms with E-state index in [4.69, 9.17) is 10.5 Å². The summed E-state index contributed by atoms with van der Waals surface area (Å²) in [6.07, 6.45) is 4.17. The highest BCUT2D eigenvalue weighted by molar-refractivity contribution is 4.89. The van der Waals surface area contributed by atoms with Crippen LogP contribution in [0.15, 0.2) is 0 Å². The van der Waals surface area contributed by atoms with Gasteiger partial charge in [-0.15, -0.1) is 0 Å². The van der Waals surface area contributed by atoms with Crippen molar-refractivity contribution in [2.24, 2.45) is 17.6 Å². The Morgan fingerprint density at radius 2 is 2.27 bits per heavy atom. The van der Waals surface area contributed by atoms with Gasteiger partial charge in [0.25, 0.3) is 0 Å². The molecule has 1 saturated heterocycles. The van der Waals surface area contributed by atoms with Crippen LogP contribution in [0.1, 0.15) is 26.2 Å². The molecule has 2 rings (SSSR count). The molecular formula is C12H24N2O. The Labute approximate surface area is 93.0 Å². The lowest BCUT2D eigenvalue weighted by atomic mass is 10.1. The first-order valence-corrected chi connectivity index (χ1v) is 6.24. The Kier molecular flexibility index (Phi) is 3.65. The maximum absolute atomic E-state index is 5.86. The summed E-state index contributed by atoms with van der Waals surface area (Å²) in [5.41, 5.74) is 5.86. The first kappa shape index (κ1) is 11.4. The summed E-state index contributed by atoms with van der Waals surface area (Å²) < 4.78 is 5.73. The van der Waals surface area contributed by atoms with Crippen LogP contribution in [0, 0.1) is 11.8 Å². The van der Waals surface area contributed by atoms with Crippen LogP contribution >= 0.6 is 0 Å². The van der Waals surface area contributed by atoms with Gasteiger partial charge in [0.05, 0.1) is 6.10 Å². The lowest BCUT2D eigenvalue weighted by molar-refractivity contribution is 0.0355. The van der Waals surface area contributed by atoms with E-state index in [1.165, 1.54) is 25.8 Å². The minimum Gasteiger partial charge on any atom is -0.377 e. The van der Waals surface area contributed by atoms with Crippen molar-refractivity contribution in [2.75, 3.05) is 26.7 Å². The van der Waals surface area contributed by atoms with Gasteiger partial charge in [0.15, 0.2) is 0 Å². The molecule has 0 radical (unpaired) electrons. The Bertz CT molecular complexity index is 204. The molecule has 0 aromatic rings. The summed E-state index contributed by atoms with van der Waals surface area (Å²) in [4.78, 5) is 2.42. The van der Waals surface area contributed by atoms with Crippen LogP contribution < -0.4 is 5.73 Å². The van der Waals surface area contributed by atoms with E-state index in [0.717, 1.165) is 25.0 Å². The second kappa shape index (κ2) is 4.81. The first-order valence-electron chi connectivity index (χ1n) is 6.24. The third kappa shape index (κ3) is 2.71. The van der Waals surface area contributed by atoms with Crippen molar-refractivity contribution in [1.82, 2.24) is 4.90 Å². The molecule has 2 fully saturated rings. The largest absolute Gasteiger partial charge is 0.377 e. The van der Waals surface area contributed by atoms with Gasteiger partial charge in [0.1, 0.15) is 0 Å². The van der Waals surface area contributed by atoms with E-state index in [2.05, 4.69) is 18.9 Å². The molecule has 4 atom stereocenters. The summed E-state index contributed by atoms with van der Waals surface area (Å²) in [5.74, 6) is 1.83. The van der Waals surface area contributed by atoms with Gasteiger partial charge in [-0.2, -0.15) is 0 Å². The minimum atomic E-state index is 0.383. The second-order valence-corrected chi connectivity index (χ2v) is 5.27. The second-order valence-electron chi connectivity index (χ2n) is 5.27. The topological polar surface area (TPSA) is 38.5 Å². The fourth-order valence-electron chi connectivity index (χ4n) is 2.68. The molecule has 3 heteroatoms. The van der Waals surface area contributed by atoms with Crippen LogP contribution in [0.5, 0.6) is 0 Å². The molecule has 0 spiro atoms. The molecule has 3 nitrogen and oxygen atoms in total. The zero-order chi connectivity index (χ0) is 10.8. The van der Waals surface area contributed by atoms with Crippen molar-refractivity contribution in [3.63, 3.8) is 0 Å². The van der Waals surface area contributed by atoms with E-state index in [-0.39, 0.29) is 0 Å². The molecule has 1 heterocycles. The number of nitrogens with two attached hydrogens (primary N) is 1. The fourth-order valence-corrected chi connectivity index (χ4v) is 2.68. The summed E-state index contributed by atoms with van der Waals surface area (Å²) in [5, 5.41) is 0. The van der Waals surface area contributed by atoms with Gasteiger partial charge < -0.3 is 10.5 Å². The predicted molar refractivity (Wildman–Crippen MR) is 61.7 cm³/mol. The van der Waals surface area contributed by atoms with Crippen molar-refractivity contribution in [2.45, 2.75) is 38.3 Å². The number of hydrogen-bond acceptors (Lipinski definition) is 3. The number of likely N-dealkylation sites (N-methyl/N-ethyl adjacent to an activating group) is 1. The fraction of sp³-hybridized carbons (Fsp3) is 1.00. The summed E-state index contributed by atoms with van der Waals surface area (Å²) in [7, 11) is 2.20. The number of nitrogens with zero attached hydrogens (tertiary/aromatic N) is 1. The Balaban J connectivity index is 1.81. The van der Waals surface area contributed by atoms with E-state index < -0.39 is 0 Å². The van der Waals surface area contributed by atoms with Crippen molar-refractivity contribution >= 4 is 0 Å². The Morgan fingerprint density at radius 3 is 2.73 bits per heavy atom. The maximum Gasteiger partial charge on any atom is 0.0743 e. The number of hydrogen-bond donors (Lipinski definition) is 1. The standard InChI is InChI=1S/C12H24N2O/c1-9-6-10(9)8-14(2)11(7-13)12-4-3-5-15-12/h9-12H,3-8,13H2,1-2H3. The van der Waals surface area contributed by atoms with Crippen molar-refractivity contribution < 1.29 is 4.74 Å². The molecule has 2 N–H and O–H groups in total. The summed E-state index contributed by atoms with van der Waals surface area (Å²) >= 11 is 0. The molecule has 1 aliphatic heterocycles. The van der Waals surface area contributed by atoms with Crippen molar-refractivity contribution in [3.8, 4) is 0 Å². The smallest absolute Gasteiger partial charge is 0.0743 e. The van der Waals surface area contributed by atoms with Gasteiger partial charge in [-0.05, 0) is 38.1 Å². The Hall–Kier alpha value is -0.120. The van der Waals surface area contributed by atoms with E-state index in [9.17, 15) is 0 Å². The maximum atomic E-state index is 5.86. The quantitative estimate of drug-likeness (QED) is 0.741. The molecule has 1 saturated carbocycles. The Morgan fingerprint density at radius 1 is 1.53 bits per heavy atom. The van der Waals surface area contributed by atoms with Gasteiger partial charge in [-0.3, -0.25) is 4.90 Å². The van der Waals surface area contributed by atoms with E-state index in [1.54, 1.807) is 0 Å². The normalized spacial score (nSPS) is 37.2. The molecule has 1 aliphatic carbocycles. The molecule has 0 amide bonds. The summed E-state index contributed by atoms with van der Waals surface area (Å²) in [6, 6.07) is 0.431. The third-order valence-corrected chi connectivity index (χ3v) is 4.00. The van der Waals surface area contributed by atoms with E-state index >= 15 is 0 Å². The average Bonchev–Trinajstić information content (AvgIpc) is 2.70. The van der Waals surface area contributed by atoms with Crippen LogP contribution in [0.4, 0.5) is 0 Å². The molecule has 88 valence electrons.